The van der Waals surface area contributed by atoms with Gasteiger partial charge in [0.1, 0.15) is 23.9 Å². The molecule has 3 aromatic rings. The van der Waals surface area contributed by atoms with Crippen LogP contribution in [0.4, 0.5) is 4.39 Å². The van der Waals surface area contributed by atoms with Gasteiger partial charge in [-0.25, -0.2) is 20.0 Å². The van der Waals surface area contributed by atoms with Crippen LogP contribution in [0.25, 0.3) is 5.69 Å². The molecule has 0 spiro atoms. The number of halogens is 1. The van der Waals surface area contributed by atoms with Crippen LogP contribution < -0.4 is 15.9 Å². The standard InChI is InChI=1S/C23H27FN6O3S/c1-13-3-4-14(2)15(7-13)8-22-27-21(12-31)28-30(22)20-6-5-17(10-18(20)24)34-29-23(32)19-9-16(33-25)11-26-19/h3-7,10,16,19,26,31H,8-9,11-12,25H2,1-2H3,(H,29,32)/t16?,19-/m0/s1. The number of rotatable bonds is 8. The molecule has 180 valence electrons. The summed E-state index contributed by atoms with van der Waals surface area (Å²) >= 11 is 1.03. The van der Waals surface area contributed by atoms with Gasteiger partial charge >= 0.3 is 0 Å². The topological polar surface area (TPSA) is 127 Å². The maximum atomic E-state index is 15.1. The van der Waals surface area contributed by atoms with Crippen LogP contribution in [0.2, 0.25) is 0 Å². The van der Waals surface area contributed by atoms with Crippen LogP contribution in [-0.4, -0.2) is 44.5 Å². The normalized spacial score (nSPS) is 17.8. The highest BCUT2D eigenvalue weighted by molar-refractivity contribution is 7.98. The Kier molecular flexibility index (Phi) is 7.59. The summed E-state index contributed by atoms with van der Waals surface area (Å²) in [5, 5.41) is 16.9. The number of aliphatic hydroxyl groups excluding tert-OH is 1. The highest BCUT2D eigenvalue weighted by Crippen LogP contribution is 2.24. The van der Waals surface area contributed by atoms with Crippen molar-refractivity contribution in [2.75, 3.05) is 6.54 Å². The second-order valence-corrected chi connectivity index (χ2v) is 9.14. The summed E-state index contributed by atoms with van der Waals surface area (Å²) in [7, 11) is 0. The molecular weight excluding hydrogens is 459 g/mol. The molecule has 9 nitrogen and oxygen atoms in total. The van der Waals surface area contributed by atoms with E-state index in [0.717, 1.165) is 28.6 Å². The third kappa shape index (κ3) is 5.45. The second-order valence-electron chi connectivity index (χ2n) is 8.26. The average molecular weight is 487 g/mol. The first-order valence-corrected chi connectivity index (χ1v) is 11.7. The van der Waals surface area contributed by atoms with Crippen LogP contribution in [-0.2, 0) is 22.7 Å². The van der Waals surface area contributed by atoms with Crippen molar-refractivity contribution in [1.82, 2.24) is 24.8 Å². The Morgan fingerprint density at radius 1 is 1.35 bits per heavy atom. The van der Waals surface area contributed by atoms with E-state index in [9.17, 15) is 9.90 Å². The number of benzene rings is 2. The fraction of sp³-hybridized carbons (Fsp3) is 0.348. The molecule has 0 saturated carbocycles. The lowest BCUT2D eigenvalue weighted by molar-refractivity contribution is -0.121. The van der Waals surface area contributed by atoms with Gasteiger partial charge in [0.05, 0.1) is 12.1 Å². The van der Waals surface area contributed by atoms with E-state index in [1.54, 1.807) is 12.1 Å². The number of hydrogen-bond acceptors (Lipinski definition) is 8. The molecular formula is C23H27FN6O3S. The molecule has 1 amide bonds. The van der Waals surface area contributed by atoms with Crippen LogP contribution in [0.3, 0.4) is 0 Å². The van der Waals surface area contributed by atoms with Crippen molar-refractivity contribution in [1.29, 1.82) is 0 Å². The number of nitrogens with two attached hydrogens (primary N) is 1. The molecule has 34 heavy (non-hydrogen) atoms. The van der Waals surface area contributed by atoms with Gasteiger partial charge < -0.3 is 10.4 Å². The molecule has 2 heterocycles. The Morgan fingerprint density at radius 2 is 2.18 bits per heavy atom. The monoisotopic (exact) mass is 486 g/mol. The van der Waals surface area contributed by atoms with Crippen LogP contribution in [0.15, 0.2) is 41.3 Å². The number of hydrogen-bond donors (Lipinski definition) is 4. The minimum absolute atomic E-state index is 0.207. The van der Waals surface area contributed by atoms with E-state index in [-0.39, 0.29) is 30.1 Å². The Labute approximate surface area is 201 Å². The summed E-state index contributed by atoms with van der Waals surface area (Å²) in [6, 6.07) is 10.3. The lowest BCUT2D eigenvalue weighted by Gasteiger charge is -2.12. The Morgan fingerprint density at radius 3 is 2.88 bits per heavy atom. The van der Waals surface area contributed by atoms with E-state index < -0.39 is 11.9 Å². The first-order chi connectivity index (χ1) is 16.4. The molecule has 1 aliphatic rings. The van der Waals surface area contributed by atoms with Crippen molar-refractivity contribution in [3.8, 4) is 5.69 Å². The molecule has 0 radical (unpaired) electrons. The van der Waals surface area contributed by atoms with Crippen molar-refractivity contribution in [3.63, 3.8) is 0 Å². The first-order valence-electron chi connectivity index (χ1n) is 10.8. The third-order valence-electron chi connectivity index (χ3n) is 5.73. The maximum Gasteiger partial charge on any atom is 0.247 e. The molecule has 2 aromatic carbocycles. The number of amides is 1. The quantitative estimate of drug-likeness (QED) is 0.281. The number of aryl methyl sites for hydroxylation is 2. The summed E-state index contributed by atoms with van der Waals surface area (Å²) in [6.07, 6.45) is 0.703. The van der Waals surface area contributed by atoms with Crippen molar-refractivity contribution < 1.29 is 19.1 Å². The molecule has 11 heteroatoms. The molecule has 1 unspecified atom stereocenters. The van der Waals surface area contributed by atoms with E-state index >= 15 is 4.39 Å². The number of carbonyl (C=O) groups excluding carboxylic acids is 1. The fourth-order valence-corrected chi connectivity index (χ4v) is 4.50. The predicted molar refractivity (Wildman–Crippen MR) is 125 cm³/mol. The maximum absolute atomic E-state index is 15.1. The van der Waals surface area contributed by atoms with Gasteiger partial charge in [0, 0.05) is 24.3 Å². The van der Waals surface area contributed by atoms with Crippen LogP contribution in [0, 0.1) is 19.7 Å². The Balaban J connectivity index is 1.51. The summed E-state index contributed by atoms with van der Waals surface area (Å²) < 4.78 is 19.3. The predicted octanol–water partition coefficient (Wildman–Crippen LogP) is 1.85. The van der Waals surface area contributed by atoms with Crippen molar-refractivity contribution in [3.05, 3.63) is 70.6 Å². The summed E-state index contributed by atoms with van der Waals surface area (Å²) in [5.41, 5.74) is 3.47. The summed E-state index contributed by atoms with van der Waals surface area (Å²) in [4.78, 5) is 22.0. The number of carbonyl (C=O) groups is 1. The van der Waals surface area contributed by atoms with E-state index in [4.69, 9.17) is 10.7 Å². The highest BCUT2D eigenvalue weighted by Gasteiger charge is 2.29. The van der Waals surface area contributed by atoms with Gasteiger partial charge in [0.25, 0.3) is 0 Å². The Bertz CT molecular complexity index is 1190. The number of nitrogens with one attached hydrogen (secondary N) is 2. The molecule has 0 bridgehead atoms. The van der Waals surface area contributed by atoms with Crippen molar-refractivity contribution in [2.45, 2.75) is 50.3 Å². The number of aromatic nitrogens is 3. The minimum atomic E-state index is -0.522. The molecule has 1 saturated heterocycles. The van der Waals surface area contributed by atoms with Gasteiger partial charge in [-0.15, -0.1) is 5.10 Å². The zero-order chi connectivity index (χ0) is 24.2. The van der Waals surface area contributed by atoms with E-state index in [1.165, 1.54) is 10.7 Å². The SMILES string of the molecule is Cc1ccc(C)c(Cc2nc(CO)nn2-c2ccc(SNC(=O)[C@@H]3CC(ON)CN3)cc2F)c1. The molecule has 1 aliphatic heterocycles. The number of nitrogens with zero attached hydrogens (tertiary/aromatic N) is 3. The van der Waals surface area contributed by atoms with Gasteiger partial charge in [-0.2, -0.15) is 0 Å². The molecule has 4 rings (SSSR count). The smallest absolute Gasteiger partial charge is 0.247 e. The second kappa shape index (κ2) is 10.6. The Hall–Kier alpha value is -2.83. The molecule has 5 N–H and O–H groups in total. The lowest BCUT2D eigenvalue weighted by Crippen LogP contribution is -2.37. The van der Waals surface area contributed by atoms with Crippen molar-refractivity contribution in [2.24, 2.45) is 5.90 Å². The van der Waals surface area contributed by atoms with Gasteiger partial charge in [-0.1, -0.05) is 23.8 Å². The molecule has 0 aliphatic carbocycles. The fourth-order valence-electron chi connectivity index (χ4n) is 3.84. The summed E-state index contributed by atoms with van der Waals surface area (Å²) in [6.45, 7) is 4.17. The first kappa shape index (κ1) is 24.3. The molecule has 1 aromatic heterocycles. The lowest BCUT2D eigenvalue weighted by atomic mass is 10.0. The van der Waals surface area contributed by atoms with E-state index in [0.29, 0.717) is 30.1 Å². The number of aliphatic hydroxyl groups is 1. The summed E-state index contributed by atoms with van der Waals surface area (Å²) in [5.74, 6) is 5.16. The van der Waals surface area contributed by atoms with Crippen LogP contribution in [0.5, 0.6) is 0 Å². The molecule has 1 fully saturated rings. The van der Waals surface area contributed by atoms with Gasteiger partial charge in [0.15, 0.2) is 5.82 Å². The van der Waals surface area contributed by atoms with Gasteiger partial charge in [-0.3, -0.25) is 14.4 Å². The van der Waals surface area contributed by atoms with E-state index in [2.05, 4.69) is 26.2 Å². The van der Waals surface area contributed by atoms with Crippen LogP contribution >= 0.6 is 11.9 Å². The highest BCUT2D eigenvalue weighted by atomic mass is 32.2. The van der Waals surface area contributed by atoms with E-state index in [1.807, 2.05) is 26.0 Å². The minimum Gasteiger partial charge on any atom is -0.388 e. The zero-order valence-electron chi connectivity index (χ0n) is 18.9. The van der Waals surface area contributed by atoms with Crippen LogP contribution in [0.1, 0.15) is 34.8 Å². The van der Waals surface area contributed by atoms with Crippen molar-refractivity contribution >= 4 is 17.9 Å². The molecule has 2 atom stereocenters. The zero-order valence-corrected chi connectivity index (χ0v) is 19.7. The van der Waals surface area contributed by atoms with Gasteiger partial charge in [-0.05, 0) is 55.1 Å². The largest absolute Gasteiger partial charge is 0.388 e. The average Bonchev–Trinajstić information content (AvgIpc) is 3.47. The third-order valence-corrected chi connectivity index (χ3v) is 6.52. The van der Waals surface area contributed by atoms with Gasteiger partial charge in [0.2, 0.25) is 5.91 Å².